The molecule has 0 spiro atoms. The smallest absolute Gasteiger partial charge is 0.185 e. The first-order chi connectivity index (χ1) is 7.70. The fraction of sp³-hybridized carbons (Fsp3) is 0.750. The molecule has 16 heavy (non-hydrogen) atoms. The number of nitrogens with zero attached hydrogens (tertiary/aromatic N) is 2. The molecule has 2 rings (SSSR count). The molecular formula is C12H21N3S. The van der Waals surface area contributed by atoms with E-state index in [1.165, 1.54) is 30.6 Å². The lowest BCUT2D eigenvalue weighted by molar-refractivity contribution is 0.340. The molecule has 0 aliphatic heterocycles. The highest BCUT2D eigenvalue weighted by molar-refractivity contribution is 7.15. The van der Waals surface area contributed by atoms with E-state index in [4.69, 9.17) is 5.73 Å². The van der Waals surface area contributed by atoms with E-state index in [1.807, 2.05) is 6.20 Å². The molecule has 0 bridgehead atoms. The first-order valence-electron chi connectivity index (χ1n) is 6.08. The van der Waals surface area contributed by atoms with Crippen molar-refractivity contribution in [2.75, 3.05) is 11.9 Å². The van der Waals surface area contributed by atoms with Gasteiger partial charge in [0.1, 0.15) is 0 Å². The summed E-state index contributed by atoms with van der Waals surface area (Å²) in [4.78, 5) is 7.96. The van der Waals surface area contributed by atoms with Crippen LogP contribution in [0.1, 0.15) is 37.5 Å². The van der Waals surface area contributed by atoms with Gasteiger partial charge in [-0.1, -0.05) is 6.92 Å². The number of anilines is 1. The van der Waals surface area contributed by atoms with Crippen LogP contribution in [0.25, 0.3) is 0 Å². The predicted octanol–water partition coefficient (Wildman–Crippen LogP) is 2.62. The maximum atomic E-state index is 5.61. The Labute approximate surface area is 102 Å². The van der Waals surface area contributed by atoms with Gasteiger partial charge in [-0.2, -0.15) is 0 Å². The second kappa shape index (κ2) is 5.15. The zero-order valence-electron chi connectivity index (χ0n) is 10.1. The van der Waals surface area contributed by atoms with Gasteiger partial charge in [-0.15, -0.1) is 11.3 Å². The summed E-state index contributed by atoms with van der Waals surface area (Å²) >= 11 is 1.73. The molecule has 2 N–H and O–H groups in total. The molecule has 0 saturated heterocycles. The Morgan fingerprint density at radius 3 is 2.69 bits per heavy atom. The molecule has 1 aromatic rings. The van der Waals surface area contributed by atoms with E-state index < -0.39 is 0 Å². The standard InChI is InChI=1S/C12H21N3S/c1-9-3-5-10(6-4-9)15(2)12-14-8-11(7-13)16-12/h8-10H,3-7,13H2,1-2H3. The summed E-state index contributed by atoms with van der Waals surface area (Å²) in [7, 11) is 2.17. The minimum atomic E-state index is 0.604. The number of hydrogen-bond donors (Lipinski definition) is 1. The molecule has 1 aliphatic carbocycles. The largest absolute Gasteiger partial charge is 0.348 e. The average Bonchev–Trinajstić information content (AvgIpc) is 2.77. The molecule has 1 aliphatic rings. The van der Waals surface area contributed by atoms with E-state index in [2.05, 4.69) is 23.9 Å². The molecule has 0 amide bonds. The molecule has 4 heteroatoms. The van der Waals surface area contributed by atoms with E-state index in [0.717, 1.165) is 11.0 Å². The highest BCUT2D eigenvalue weighted by Gasteiger charge is 2.23. The fourth-order valence-corrected chi connectivity index (χ4v) is 3.16. The average molecular weight is 239 g/mol. The number of thiazole rings is 1. The number of hydrogen-bond acceptors (Lipinski definition) is 4. The van der Waals surface area contributed by atoms with Crippen molar-refractivity contribution in [2.24, 2.45) is 11.7 Å². The Hall–Kier alpha value is -0.610. The van der Waals surface area contributed by atoms with E-state index in [0.29, 0.717) is 12.6 Å². The monoisotopic (exact) mass is 239 g/mol. The van der Waals surface area contributed by atoms with Gasteiger partial charge in [-0.25, -0.2) is 4.98 Å². The molecule has 0 unspecified atom stereocenters. The molecule has 1 fully saturated rings. The number of rotatable bonds is 3. The minimum absolute atomic E-state index is 0.604. The zero-order chi connectivity index (χ0) is 11.5. The Morgan fingerprint density at radius 2 is 2.12 bits per heavy atom. The highest BCUT2D eigenvalue weighted by atomic mass is 32.1. The van der Waals surface area contributed by atoms with Crippen molar-refractivity contribution in [1.29, 1.82) is 0 Å². The van der Waals surface area contributed by atoms with Gasteiger partial charge in [-0.05, 0) is 31.6 Å². The summed E-state index contributed by atoms with van der Waals surface area (Å²) in [5.41, 5.74) is 5.61. The molecule has 1 saturated carbocycles. The molecule has 0 aromatic carbocycles. The Balaban J connectivity index is 1.98. The van der Waals surface area contributed by atoms with Gasteiger partial charge >= 0.3 is 0 Å². The van der Waals surface area contributed by atoms with Crippen LogP contribution >= 0.6 is 11.3 Å². The zero-order valence-corrected chi connectivity index (χ0v) is 11.0. The van der Waals surface area contributed by atoms with Crippen LogP contribution in [-0.4, -0.2) is 18.1 Å². The first-order valence-corrected chi connectivity index (χ1v) is 6.90. The van der Waals surface area contributed by atoms with Crippen LogP contribution in [0.5, 0.6) is 0 Å². The van der Waals surface area contributed by atoms with Gasteiger partial charge in [0, 0.05) is 30.7 Å². The van der Waals surface area contributed by atoms with Crippen LogP contribution in [-0.2, 0) is 6.54 Å². The van der Waals surface area contributed by atoms with Gasteiger partial charge in [0.05, 0.1) is 0 Å². The van der Waals surface area contributed by atoms with Gasteiger partial charge in [-0.3, -0.25) is 0 Å². The SMILES string of the molecule is CC1CCC(N(C)c2ncc(CN)s2)CC1. The maximum absolute atomic E-state index is 5.61. The predicted molar refractivity (Wildman–Crippen MR) is 69.8 cm³/mol. The van der Waals surface area contributed by atoms with Gasteiger partial charge in [0.25, 0.3) is 0 Å². The van der Waals surface area contributed by atoms with Crippen molar-refractivity contribution in [3.05, 3.63) is 11.1 Å². The molecule has 0 atom stereocenters. The van der Waals surface area contributed by atoms with Crippen LogP contribution in [0, 0.1) is 5.92 Å². The normalized spacial score (nSPS) is 25.7. The lowest BCUT2D eigenvalue weighted by atomic mass is 9.87. The van der Waals surface area contributed by atoms with Crippen LogP contribution in [0.2, 0.25) is 0 Å². The highest BCUT2D eigenvalue weighted by Crippen LogP contribution is 2.31. The van der Waals surface area contributed by atoms with E-state index in [1.54, 1.807) is 11.3 Å². The van der Waals surface area contributed by atoms with Crippen molar-refractivity contribution >= 4 is 16.5 Å². The first kappa shape index (κ1) is 11.9. The van der Waals surface area contributed by atoms with Crippen LogP contribution < -0.4 is 10.6 Å². The summed E-state index contributed by atoms with van der Waals surface area (Å²) in [6.07, 6.45) is 7.21. The van der Waals surface area contributed by atoms with Crippen molar-refractivity contribution in [3.8, 4) is 0 Å². The van der Waals surface area contributed by atoms with Crippen molar-refractivity contribution in [1.82, 2.24) is 4.98 Å². The molecule has 1 aromatic heterocycles. The second-order valence-corrected chi connectivity index (χ2v) is 5.93. The maximum Gasteiger partial charge on any atom is 0.185 e. The summed E-state index contributed by atoms with van der Waals surface area (Å²) in [6.45, 7) is 2.96. The van der Waals surface area contributed by atoms with Gasteiger partial charge < -0.3 is 10.6 Å². The van der Waals surface area contributed by atoms with Crippen molar-refractivity contribution in [3.63, 3.8) is 0 Å². The third kappa shape index (κ3) is 2.55. The fourth-order valence-electron chi connectivity index (χ4n) is 2.34. The Morgan fingerprint density at radius 1 is 1.44 bits per heavy atom. The van der Waals surface area contributed by atoms with Crippen molar-refractivity contribution in [2.45, 2.75) is 45.2 Å². The topological polar surface area (TPSA) is 42.2 Å². The minimum Gasteiger partial charge on any atom is -0.348 e. The Bertz CT molecular complexity index is 329. The summed E-state index contributed by atoms with van der Waals surface area (Å²) < 4.78 is 0. The van der Waals surface area contributed by atoms with Crippen LogP contribution in [0.15, 0.2) is 6.20 Å². The molecule has 90 valence electrons. The van der Waals surface area contributed by atoms with Crippen LogP contribution in [0.4, 0.5) is 5.13 Å². The lowest BCUT2D eigenvalue weighted by Gasteiger charge is -2.33. The quantitative estimate of drug-likeness (QED) is 0.881. The Kier molecular flexibility index (Phi) is 3.82. The van der Waals surface area contributed by atoms with Crippen LogP contribution in [0.3, 0.4) is 0 Å². The third-order valence-electron chi connectivity index (χ3n) is 3.58. The summed E-state index contributed by atoms with van der Waals surface area (Å²) in [5, 5.41) is 1.13. The summed E-state index contributed by atoms with van der Waals surface area (Å²) in [6, 6.07) is 0.674. The molecular weight excluding hydrogens is 218 g/mol. The van der Waals surface area contributed by atoms with Gasteiger partial charge in [0.15, 0.2) is 5.13 Å². The number of aromatic nitrogens is 1. The lowest BCUT2D eigenvalue weighted by Crippen LogP contribution is -2.34. The van der Waals surface area contributed by atoms with E-state index in [-0.39, 0.29) is 0 Å². The van der Waals surface area contributed by atoms with E-state index in [9.17, 15) is 0 Å². The molecule has 1 heterocycles. The number of nitrogens with two attached hydrogens (primary N) is 1. The third-order valence-corrected chi connectivity index (χ3v) is 4.69. The second-order valence-electron chi connectivity index (χ2n) is 4.84. The molecule has 3 nitrogen and oxygen atoms in total. The van der Waals surface area contributed by atoms with Gasteiger partial charge in [0.2, 0.25) is 0 Å². The van der Waals surface area contributed by atoms with Crippen molar-refractivity contribution < 1.29 is 0 Å². The molecule has 0 radical (unpaired) electrons. The summed E-state index contributed by atoms with van der Waals surface area (Å²) in [5.74, 6) is 0.903. The van der Waals surface area contributed by atoms with E-state index >= 15 is 0 Å².